The molecule has 0 spiro atoms. The van der Waals surface area contributed by atoms with E-state index in [1.165, 1.54) is 11.1 Å². The molecule has 0 amide bonds. The summed E-state index contributed by atoms with van der Waals surface area (Å²) in [7, 11) is 1.88. The molecule has 0 unspecified atom stereocenters. The molecule has 1 aromatic heterocycles. The van der Waals surface area contributed by atoms with Gasteiger partial charge in [0, 0.05) is 25.7 Å². The highest BCUT2D eigenvalue weighted by Crippen LogP contribution is 2.27. The summed E-state index contributed by atoms with van der Waals surface area (Å²) in [5, 5.41) is 3.06. The van der Waals surface area contributed by atoms with E-state index < -0.39 is 0 Å². The first-order valence-corrected chi connectivity index (χ1v) is 6.61. The lowest BCUT2D eigenvalue weighted by Gasteiger charge is -2.35. The SMILES string of the molecule is CNc1cc(N2Cc3ccccc3C[C@@H]2C)ncn1. The third-order valence-electron chi connectivity index (χ3n) is 3.71. The van der Waals surface area contributed by atoms with Crippen LogP contribution >= 0.6 is 0 Å². The Morgan fingerprint density at radius 1 is 1.21 bits per heavy atom. The molecule has 2 aromatic rings. The minimum atomic E-state index is 0.453. The first-order chi connectivity index (χ1) is 9.28. The molecule has 2 heterocycles. The van der Waals surface area contributed by atoms with Crippen LogP contribution in [0, 0.1) is 0 Å². The molecule has 0 saturated carbocycles. The quantitative estimate of drug-likeness (QED) is 0.894. The lowest BCUT2D eigenvalue weighted by atomic mass is 9.95. The summed E-state index contributed by atoms with van der Waals surface area (Å²) < 4.78 is 0. The van der Waals surface area contributed by atoms with Crippen LogP contribution < -0.4 is 10.2 Å². The fourth-order valence-electron chi connectivity index (χ4n) is 2.63. The molecule has 1 N–H and O–H groups in total. The van der Waals surface area contributed by atoms with E-state index in [9.17, 15) is 0 Å². The molecule has 1 aliphatic heterocycles. The molecule has 0 fully saturated rings. The third kappa shape index (κ3) is 2.26. The molecule has 1 aromatic carbocycles. The van der Waals surface area contributed by atoms with Gasteiger partial charge in [-0.25, -0.2) is 9.97 Å². The maximum absolute atomic E-state index is 4.41. The first kappa shape index (κ1) is 12.0. The number of nitrogens with one attached hydrogen (secondary N) is 1. The lowest BCUT2D eigenvalue weighted by molar-refractivity contribution is 0.586. The number of nitrogens with zero attached hydrogens (tertiary/aromatic N) is 3. The Morgan fingerprint density at radius 2 is 2.00 bits per heavy atom. The van der Waals surface area contributed by atoms with Crippen LogP contribution in [-0.4, -0.2) is 23.1 Å². The summed E-state index contributed by atoms with van der Waals surface area (Å²) in [6, 6.07) is 11.1. The lowest BCUT2D eigenvalue weighted by Crippen LogP contribution is -2.38. The van der Waals surface area contributed by atoms with Crippen molar-refractivity contribution in [1.82, 2.24) is 9.97 Å². The minimum absolute atomic E-state index is 0.453. The molecule has 4 nitrogen and oxygen atoms in total. The molecule has 0 aliphatic carbocycles. The van der Waals surface area contributed by atoms with Crippen molar-refractivity contribution in [3.63, 3.8) is 0 Å². The van der Waals surface area contributed by atoms with Crippen molar-refractivity contribution in [2.75, 3.05) is 17.3 Å². The maximum Gasteiger partial charge on any atom is 0.134 e. The number of hydrogen-bond acceptors (Lipinski definition) is 4. The highest BCUT2D eigenvalue weighted by atomic mass is 15.2. The average Bonchev–Trinajstić information content (AvgIpc) is 2.46. The topological polar surface area (TPSA) is 41.0 Å². The monoisotopic (exact) mass is 254 g/mol. The average molecular weight is 254 g/mol. The Labute approximate surface area is 113 Å². The van der Waals surface area contributed by atoms with E-state index in [-0.39, 0.29) is 0 Å². The fourth-order valence-corrected chi connectivity index (χ4v) is 2.63. The smallest absolute Gasteiger partial charge is 0.134 e. The largest absolute Gasteiger partial charge is 0.373 e. The van der Waals surface area contributed by atoms with Crippen LogP contribution in [0.1, 0.15) is 18.1 Å². The van der Waals surface area contributed by atoms with E-state index >= 15 is 0 Å². The van der Waals surface area contributed by atoms with Gasteiger partial charge in [0.05, 0.1) is 0 Å². The van der Waals surface area contributed by atoms with Crippen LogP contribution in [0.3, 0.4) is 0 Å². The summed E-state index contributed by atoms with van der Waals surface area (Å²) in [6.45, 7) is 3.16. The molecule has 98 valence electrons. The highest BCUT2D eigenvalue weighted by molar-refractivity contribution is 5.51. The molecule has 0 radical (unpaired) electrons. The predicted molar refractivity (Wildman–Crippen MR) is 77.4 cm³/mol. The van der Waals surface area contributed by atoms with Gasteiger partial charge in [0.15, 0.2) is 0 Å². The predicted octanol–water partition coefficient (Wildman–Crippen LogP) is 2.47. The standard InChI is InChI=1S/C15H18N4/c1-11-7-12-5-3-4-6-13(12)9-19(11)15-8-14(16-2)17-10-18-15/h3-6,8,10-11H,7,9H2,1-2H3,(H,16,17,18)/t11-/m0/s1. The second-order valence-corrected chi connectivity index (χ2v) is 4.96. The zero-order valence-electron chi connectivity index (χ0n) is 11.3. The summed E-state index contributed by atoms with van der Waals surface area (Å²) >= 11 is 0. The van der Waals surface area contributed by atoms with Crippen LogP contribution in [0.15, 0.2) is 36.7 Å². The molecule has 1 aliphatic rings. The van der Waals surface area contributed by atoms with Crippen molar-refractivity contribution in [1.29, 1.82) is 0 Å². The summed E-state index contributed by atoms with van der Waals surface area (Å²) in [4.78, 5) is 10.9. The van der Waals surface area contributed by atoms with Crippen LogP contribution in [0.5, 0.6) is 0 Å². The zero-order valence-corrected chi connectivity index (χ0v) is 11.3. The first-order valence-electron chi connectivity index (χ1n) is 6.61. The zero-order chi connectivity index (χ0) is 13.2. The molecule has 4 heteroatoms. The van der Waals surface area contributed by atoms with Crippen molar-refractivity contribution in [2.24, 2.45) is 0 Å². The van der Waals surface area contributed by atoms with Gasteiger partial charge in [-0.3, -0.25) is 0 Å². The van der Waals surface area contributed by atoms with Gasteiger partial charge < -0.3 is 10.2 Å². The van der Waals surface area contributed by atoms with Crippen LogP contribution in [0.25, 0.3) is 0 Å². The van der Waals surface area contributed by atoms with Gasteiger partial charge >= 0.3 is 0 Å². The molecule has 0 saturated heterocycles. The van der Waals surface area contributed by atoms with Crippen molar-refractivity contribution in [2.45, 2.75) is 25.9 Å². The van der Waals surface area contributed by atoms with Crippen LogP contribution in [0.2, 0.25) is 0 Å². The summed E-state index contributed by atoms with van der Waals surface area (Å²) in [6.07, 6.45) is 2.68. The van der Waals surface area contributed by atoms with Gasteiger partial charge in [-0.1, -0.05) is 24.3 Å². The van der Waals surface area contributed by atoms with Crippen molar-refractivity contribution in [3.8, 4) is 0 Å². The molecule has 3 rings (SSSR count). The van der Waals surface area contributed by atoms with Crippen LogP contribution in [-0.2, 0) is 13.0 Å². The van der Waals surface area contributed by atoms with E-state index in [0.717, 1.165) is 24.6 Å². The van der Waals surface area contributed by atoms with E-state index in [1.807, 2.05) is 13.1 Å². The number of aromatic nitrogens is 2. The normalized spacial score (nSPS) is 18.0. The van der Waals surface area contributed by atoms with Gasteiger partial charge in [0.1, 0.15) is 18.0 Å². The Balaban J connectivity index is 1.93. The van der Waals surface area contributed by atoms with Crippen molar-refractivity contribution >= 4 is 11.6 Å². The number of anilines is 2. The second kappa shape index (κ2) is 4.88. The van der Waals surface area contributed by atoms with E-state index in [4.69, 9.17) is 0 Å². The van der Waals surface area contributed by atoms with E-state index in [1.54, 1.807) is 6.33 Å². The van der Waals surface area contributed by atoms with Gasteiger partial charge in [-0.05, 0) is 24.5 Å². The number of benzene rings is 1. The third-order valence-corrected chi connectivity index (χ3v) is 3.71. The molecule has 1 atom stereocenters. The second-order valence-electron chi connectivity index (χ2n) is 4.96. The molecular weight excluding hydrogens is 236 g/mol. The van der Waals surface area contributed by atoms with Crippen molar-refractivity contribution < 1.29 is 0 Å². The molecule has 0 bridgehead atoms. The van der Waals surface area contributed by atoms with Crippen molar-refractivity contribution in [3.05, 3.63) is 47.8 Å². The summed E-state index contributed by atoms with van der Waals surface area (Å²) in [5.41, 5.74) is 2.85. The van der Waals surface area contributed by atoms with Crippen LogP contribution in [0.4, 0.5) is 11.6 Å². The molecular formula is C15H18N4. The number of hydrogen-bond donors (Lipinski definition) is 1. The fraction of sp³-hybridized carbons (Fsp3) is 0.333. The number of rotatable bonds is 2. The Bertz CT molecular complexity index is 582. The van der Waals surface area contributed by atoms with Gasteiger partial charge in [-0.15, -0.1) is 0 Å². The Kier molecular flexibility index (Phi) is 3.07. The Morgan fingerprint density at radius 3 is 2.79 bits per heavy atom. The summed E-state index contributed by atoms with van der Waals surface area (Å²) in [5.74, 6) is 1.84. The van der Waals surface area contributed by atoms with Gasteiger partial charge in [-0.2, -0.15) is 0 Å². The highest BCUT2D eigenvalue weighted by Gasteiger charge is 2.23. The molecule has 19 heavy (non-hydrogen) atoms. The minimum Gasteiger partial charge on any atom is -0.373 e. The van der Waals surface area contributed by atoms with E-state index in [2.05, 4.69) is 51.4 Å². The van der Waals surface area contributed by atoms with Gasteiger partial charge in [0.2, 0.25) is 0 Å². The Hall–Kier alpha value is -2.10. The van der Waals surface area contributed by atoms with E-state index in [0.29, 0.717) is 6.04 Å². The maximum atomic E-state index is 4.41. The van der Waals surface area contributed by atoms with Gasteiger partial charge in [0.25, 0.3) is 0 Å². The number of fused-ring (bicyclic) bond motifs is 1.